The van der Waals surface area contributed by atoms with Crippen molar-refractivity contribution in [2.24, 2.45) is 0 Å². The van der Waals surface area contributed by atoms with E-state index in [0.717, 1.165) is 18.5 Å². The van der Waals surface area contributed by atoms with E-state index < -0.39 is 0 Å². The van der Waals surface area contributed by atoms with Gasteiger partial charge >= 0.3 is 0 Å². The first kappa shape index (κ1) is 13.5. The number of hydrogen-bond acceptors (Lipinski definition) is 3. The third kappa shape index (κ3) is 4.11. The Kier molecular flexibility index (Phi) is 6.58. The topological polar surface area (TPSA) is 36.1 Å². The Bertz CT molecular complexity index is 162. The molecule has 14 heavy (non-hydrogen) atoms. The molecule has 0 bridgehead atoms. The van der Waals surface area contributed by atoms with Gasteiger partial charge in [-0.05, 0) is 20.5 Å². The van der Waals surface area contributed by atoms with Gasteiger partial charge in [-0.3, -0.25) is 0 Å². The average molecular weight is 199 g/mol. The Balaban J connectivity index is 4.28. The van der Waals surface area contributed by atoms with Crippen molar-refractivity contribution in [2.45, 2.75) is 38.3 Å². The van der Waals surface area contributed by atoms with Gasteiger partial charge in [0.1, 0.15) is 0 Å². The summed E-state index contributed by atoms with van der Waals surface area (Å²) in [6.07, 6.45) is 4.48. The van der Waals surface area contributed by atoms with Crippen LogP contribution in [0.15, 0.2) is 12.3 Å². The van der Waals surface area contributed by atoms with E-state index in [2.05, 4.69) is 29.5 Å². The van der Waals surface area contributed by atoms with Crippen LogP contribution < -0.4 is 16.0 Å². The summed E-state index contributed by atoms with van der Waals surface area (Å²) in [4.78, 5) is 0. The van der Waals surface area contributed by atoms with Crippen LogP contribution in [0.5, 0.6) is 0 Å². The molecule has 3 N–H and O–H groups in total. The summed E-state index contributed by atoms with van der Waals surface area (Å²) in [6.45, 7) is 6.18. The highest BCUT2D eigenvalue weighted by Gasteiger charge is 2.25. The van der Waals surface area contributed by atoms with E-state index in [4.69, 9.17) is 0 Å². The summed E-state index contributed by atoms with van der Waals surface area (Å²) in [5.41, 5.74) is 1.06. The molecular weight excluding hydrogens is 174 g/mol. The normalized spacial score (nSPS) is 11.4. The highest BCUT2D eigenvalue weighted by Crippen LogP contribution is 2.17. The molecule has 0 radical (unpaired) electrons. The molecule has 0 spiro atoms. The van der Waals surface area contributed by atoms with Crippen LogP contribution in [0.3, 0.4) is 0 Å². The Labute approximate surface area is 88.3 Å². The SMILES string of the molecule is C=C(CC(CCCC)(NC)NC)NC. The van der Waals surface area contributed by atoms with Gasteiger partial charge < -0.3 is 16.0 Å². The smallest absolute Gasteiger partial charge is 0.0737 e. The van der Waals surface area contributed by atoms with Crippen molar-refractivity contribution in [2.75, 3.05) is 21.1 Å². The van der Waals surface area contributed by atoms with Crippen molar-refractivity contribution in [1.29, 1.82) is 0 Å². The fourth-order valence-electron chi connectivity index (χ4n) is 1.57. The molecule has 0 aromatic carbocycles. The molecule has 0 aromatic rings. The summed E-state index contributed by atoms with van der Waals surface area (Å²) >= 11 is 0. The predicted molar refractivity (Wildman–Crippen MR) is 63.2 cm³/mol. The van der Waals surface area contributed by atoms with E-state index in [1.54, 1.807) is 0 Å². The Hall–Kier alpha value is -0.540. The second kappa shape index (κ2) is 6.85. The second-order valence-electron chi connectivity index (χ2n) is 3.72. The first-order valence-electron chi connectivity index (χ1n) is 5.37. The highest BCUT2D eigenvalue weighted by atomic mass is 15.2. The Morgan fingerprint density at radius 1 is 1.21 bits per heavy atom. The molecular formula is C11H25N3. The summed E-state index contributed by atoms with van der Waals surface area (Å²) in [7, 11) is 5.91. The van der Waals surface area contributed by atoms with Gasteiger partial charge in [0, 0.05) is 19.2 Å². The molecule has 0 unspecified atom stereocenters. The molecule has 0 aliphatic rings. The van der Waals surface area contributed by atoms with Crippen molar-refractivity contribution in [1.82, 2.24) is 16.0 Å². The molecule has 0 fully saturated rings. The fraction of sp³-hybridized carbons (Fsp3) is 0.818. The zero-order chi connectivity index (χ0) is 11.0. The van der Waals surface area contributed by atoms with Crippen molar-refractivity contribution < 1.29 is 0 Å². The number of hydrogen-bond donors (Lipinski definition) is 3. The van der Waals surface area contributed by atoms with Crippen molar-refractivity contribution in [3.05, 3.63) is 12.3 Å². The van der Waals surface area contributed by atoms with Gasteiger partial charge in [-0.15, -0.1) is 0 Å². The molecule has 0 aliphatic heterocycles. The van der Waals surface area contributed by atoms with Gasteiger partial charge in [-0.25, -0.2) is 0 Å². The summed E-state index contributed by atoms with van der Waals surface area (Å²) < 4.78 is 0. The molecule has 0 atom stereocenters. The lowest BCUT2D eigenvalue weighted by Gasteiger charge is -2.34. The minimum atomic E-state index is -0.00387. The third-order valence-electron chi connectivity index (χ3n) is 2.78. The maximum atomic E-state index is 3.97. The van der Waals surface area contributed by atoms with E-state index in [0.29, 0.717) is 0 Å². The lowest BCUT2D eigenvalue weighted by Crippen LogP contribution is -2.54. The van der Waals surface area contributed by atoms with Crippen molar-refractivity contribution >= 4 is 0 Å². The van der Waals surface area contributed by atoms with Gasteiger partial charge in [0.25, 0.3) is 0 Å². The first-order chi connectivity index (χ1) is 6.64. The average Bonchev–Trinajstić information content (AvgIpc) is 2.24. The standard InChI is InChI=1S/C11H25N3/c1-6-7-8-11(13-4,14-5)9-10(2)12-3/h12-14H,2,6-9H2,1,3-5H3. The predicted octanol–water partition coefficient (Wildman–Crippen LogP) is 1.43. The molecule has 3 nitrogen and oxygen atoms in total. The van der Waals surface area contributed by atoms with Crippen molar-refractivity contribution in [3.63, 3.8) is 0 Å². The summed E-state index contributed by atoms with van der Waals surface area (Å²) in [6, 6.07) is 0. The van der Waals surface area contributed by atoms with E-state index >= 15 is 0 Å². The monoisotopic (exact) mass is 199 g/mol. The van der Waals surface area contributed by atoms with Crippen LogP contribution >= 0.6 is 0 Å². The second-order valence-corrected chi connectivity index (χ2v) is 3.72. The lowest BCUT2D eigenvalue weighted by molar-refractivity contribution is 0.260. The number of unbranched alkanes of at least 4 members (excludes halogenated alkanes) is 1. The van der Waals surface area contributed by atoms with Crippen molar-refractivity contribution in [3.8, 4) is 0 Å². The molecule has 0 aromatic heterocycles. The molecule has 0 rings (SSSR count). The summed E-state index contributed by atoms with van der Waals surface area (Å²) in [5, 5.41) is 9.80. The van der Waals surface area contributed by atoms with Gasteiger partial charge in [0.05, 0.1) is 5.66 Å². The molecule has 3 heteroatoms. The number of nitrogens with one attached hydrogen (secondary N) is 3. The van der Waals surface area contributed by atoms with Gasteiger partial charge in [0.2, 0.25) is 0 Å². The minimum Gasteiger partial charge on any atom is -0.392 e. The highest BCUT2D eigenvalue weighted by molar-refractivity contribution is 5.00. The van der Waals surface area contributed by atoms with E-state index in [1.165, 1.54) is 12.8 Å². The van der Waals surface area contributed by atoms with Gasteiger partial charge in [0.15, 0.2) is 0 Å². The molecule has 0 aliphatic carbocycles. The van der Waals surface area contributed by atoms with Crippen LogP contribution in [0.4, 0.5) is 0 Å². The summed E-state index contributed by atoms with van der Waals surface area (Å²) in [5.74, 6) is 0. The van der Waals surface area contributed by atoms with Crippen LogP contribution in [0.2, 0.25) is 0 Å². The molecule has 0 saturated carbocycles. The molecule has 0 amide bonds. The molecule has 0 heterocycles. The van der Waals surface area contributed by atoms with Crippen LogP contribution in [0.25, 0.3) is 0 Å². The maximum Gasteiger partial charge on any atom is 0.0737 e. The largest absolute Gasteiger partial charge is 0.392 e. The Morgan fingerprint density at radius 2 is 1.79 bits per heavy atom. The lowest BCUT2D eigenvalue weighted by atomic mass is 9.97. The Morgan fingerprint density at radius 3 is 2.14 bits per heavy atom. The van der Waals surface area contributed by atoms with E-state index in [1.807, 2.05) is 21.1 Å². The van der Waals surface area contributed by atoms with Crippen LogP contribution in [-0.4, -0.2) is 26.8 Å². The van der Waals surface area contributed by atoms with Gasteiger partial charge in [-0.1, -0.05) is 26.3 Å². The number of rotatable bonds is 8. The molecule has 84 valence electrons. The zero-order valence-corrected chi connectivity index (χ0v) is 10.0. The van der Waals surface area contributed by atoms with E-state index in [-0.39, 0.29) is 5.66 Å². The van der Waals surface area contributed by atoms with Gasteiger partial charge in [-0.2, -0.15) is 0 Å². The van der Waals surface area contributed by atoms with Crippen LogP contribution in [-0.2, 0) is 0 Å². The molecule has 0 saturated heterocycles. The third-order valence-corrected chi connectivity index (χ3v) is 2.78. The fourth-order valence-corrected chi connectivity index (χ4v) is 1.57. The maximum absolute atomic E-state index is 3.97. The van der Waals surface area contributed by atoms with Crippen LogP contribution in [0, 0.1) is 0 Å². The zero-order valence-electron chi connectivity index (χ0n) is 10.0. The minimum absolute atomic E-state index is 0.00387. The van der Waals surface area contributed by atoms with Crippen LogP contribution in [0.1, 0.15) is 32.6 Å². The van der Waals surface area contributed by atoms with E-state index in [9.17, 15) is 0 Å². The quantitative estimate of drug-likeness (QED) is 0.518. The first-order valence-corrected chi connectivity index (χ1v) is 5.37.